The third-order valence-corrected chi connectivity index (χ3v) is 4.22. The van der Waals surface area contributed by atoms with Gasteiger partial charge in [0.2, 0.25) is 5.91 Å². The summed E-state index contributed by atoms with van der Waals surface area (Å²) >= 11 is 0. The zero-order valence-electron chi connectivity index (χ0n) is 10.9. The Labute approximate surface area is 108 Å². The Kier molecular flexibility index (Phi) is 3.08. The van der Waals surface area contributed by atoms with E-state index in [0.29, 0.717) is 12.3 Å². The predicted molar refractivity (Wildman–Crippen MR) is 73.0 cm³/mol. The Hall–Kier alpha value is -1.35. The lowest BCUT2D eigenvalue weighted by Crippen LogP contribution is -2.31. The maximum atomic E-state index is 11.7. The summed E-state index contributed by atoms with van der Waals surface area (Å²) in [6, 6.07) is 6.64. The van der Waals surface area contributed by atoms with E-state index in [0.717, 1.165) is 25.2 Å². The van der Waals surface area contributed by atoms with Crippen molar-refractivity contribution in [3.8, 4) is 0 Å². The van der Waals surface area contributed by atoms with Crippen LogP contribution in [0.25, 0.3) is 0 Å². The molecule has 0 spiro atoms. The van der Waals surface area contributed by atoms with Crippen LogP contribution < -0.4 is 10.2 Å². The van der Waals surface area contributed by atoms with Crippen molar-refractivity contribution < 1.29 is 4.79 Å². The number of benzene rings is 1. The standard InChI is InChI=1S/C15H20N2O/c1-17-14-6-4-11(13-3-2-8-16-10-13)9-12(14)5-7-15(17)18/h4,6,9,13,16H,2-3,5,7-8,10H2,1H3. The van der Waals surface area contributed by atoms with E-state index in [2.05, 4.69) is 23.5 Å². The lowest BCUT2D eigenvalue weighted by Gasteiger charge is -2.28. The quantitative estimate of drug-likeness (QED) is 0.820. The van der Waals surface area contributed by atoms with Crippen LogP contribution in [0.4, 0.5) is 5.69 Å². The fourth-order valence-electron chi connectivity index (χ4n) is 3.07. The first-order chi connectivity index (χ1) is 8.75. The third kappa shape index (κ3) is 2.03. The average molecular weight is 244 g/mol. The fourth-order valence-corrected chi connectivity index (χ4v) is 3.07. The molecule has 2 aliphatic rings. The van der Waals surface area contributed by atoms with Crippen LogP contribution in [0.3, 0.4) is 0 Å². The van der Waals surface area contributed by atoms with Gasteiger partial charge in [-0.3, -0.25) is 4.79 Å². The van der Waals surface area contributed by atoms with Gasteiger partial charge in [-0.1, -0.05) is 12.1 Å². The largest absolute Gasteiger partial charge is 0.316 e. The first-order valence-corrected chi connectivity index (χ1v) is 6.86. The van der Waals surface area contributed by atoms with Gasteiger partial charge in [0.05, 0.1) is 0 Å². The first kappa shape index (κ1) is 11.7. The summed E-state index contributed by atoms with van der Waals surface area (Å²) in [5.41, 5.74) is 3.86. The number of hydrogen-bond acceptors (Lipinski definition) is 2. The van der Waals surface area contributed by atoms with E-state index in [1.807, 2.05) is 7.05 Å². The highest BCUT2D eigenvalue weighted by Gasteiger charge is 2.22. The minimum absolute atomic E-state index is 0.231. The van der Waals surface area contributed by atoms with Crippen LogP contribution in [-0.2, 0) is 11.2 Å². The molecule has 1 fully saturated rings. The van der Waals surface area contributed by atoms with E-state index < -0.39 is 0 Å². The summed E-state index contributed by atoms with van der Waals surface area (Å²) in [4.78, 5) is 13.5. The number of anilines is 1. The zero-order chi connectivity index (χ0) is 12.5. The van der Waals surface area contributed by atoms with Crippen LogP contribution in [0, 0.1) is 0 Å². The van der Waals surface area contributed by atoms with Gasteiger partial charge in [0.1, 0.15) is 0 Å². The number of carbonyl (C=O) groups excluding carboxylic acids is 1. The molecule has 96 valence electrons. The molecule has 0 radical (unpaired) electrons. The van der Waals surface area contributed by atoms with E-state index in [9.17, 15) is 4.79 Å². The number of rotatable bonds is 1. The Bertz CT molecular complexity index is 464. The number of nitrogens with zero attached hydrogens (tertiary/aromatic N) is 1. The van der Waals surface area contributed by atoms with Gasteiger partial charge in [-0.15, -0.1) is 0 Å². The number of carbonyl (C=O) groups is 1. The Morgan fingerprint density at radius 3 is 3.00 bits per heavy atom. The fraction of sp³-hybridized carbons (Fsp3) is 0.533. The molecule has 3 rings (SSSR count). The zero-order valence-corrected chi connectivity index (χ0v) is 10.9. The van der Waals surface area contributed by atoms with E-state index in [-0.39, 0.29) is 5.91 Å². The Morgan fingerprint density at radius 1 is 1.33 bits per heavy atom. The average Bonchev–Trinajstić information content (AvgIpc) is 2.44. The summed E-state index contributed by atoms with van der Waals surface area (Å²) in [6.45, 7) is 2.24. The molecule has 1 N–H and O–H groups in total. The number of amides is 1. The summed E-state index contributed by atoms with van der Waals surface area (Å²) in [7, 11) is 1.88. The van der Waals surface area contributed by atoms with Crippen molar-refractivity contribution in [2.75, 3.05) is 25.0 Å². The van der Waals surface area contributed by atoms with E-state index in [1.54, 1.807) is 4.90 Å². The number of piperidine rings is 1. The summed E-state index contributed by atoms with van der Waals surface area (Å²) in [6.07, 6.45) is 4.09. The first-order valence-electron chi connectivity index (χ1n) is 6.86. The van der Waals surface area contributed by atoms with Crippen molar-refractivity contribution in [3.05, 3.63) is 29.3 Å². The molecular formula is C15H20N2O. The second kappa shape index (κ2) is 4.73. The van der Waals surface area contributed by atoms with Gasteiger partial charge >= 0.3 is 0 Å². The van der Waals surface area contributed by atoms with Crippen LogP contribution in [0.1, 0.15) is 36.3 Å². The molecule has 1 aromatic carbocycles. The molecule has 0 aliphatic carbocycles. The highest BCUT2D eigenvalue weighted by molar-refractivity contribution is 5.95. The van der Waals surface area contributed by atoms with Gasteiger partial charge in [-0.2, -0.15) is 0 Å². The monoisotopic (exact) mass is 244 g/mol. The topological polar surface area (TPSA) is 32.3 Å². The molecule has 1 aromatic rings. The molecule has 0 bridgehead atoms. The van der Waals surface area contributed by atoms with Gasteiger partial charge in [0.15, 0.2) is 0 Å². The molecule has 1 saturated heterocycles. The molecule has 0 aromatic heterocycles. The van der Waals surface area contributed by atoms with Crippen molar-refractivity contribution in [1.29, 1.82) is 0 Å². The predicted octanol–water partition coefficient (Wildman–Crippen LogP) is 2.06. The van der Waals surface area contributed by atoms with Gasteiger partial charge < -0.3 is 10.2 Å². The van der Waals surface area contributed by atoms with E-state index in [1.165, 1.54) is 24.0 Å². The maximum absolute atomic E-state index is 11.7. The van der Waals surface area contributed by atoms with Crippen LogP contribution in [-0.4, -0.2) is 26.0 Å². The summed E-state index contributed by atoms with van der Waals surface area (Å²) < 4.78 is 0. The minimum Gasteiger partial charge on any atom is -0.316 e. The summed E-state index contributed by atoms with van der Waals surface area (Å²) in [5.74, 6) is 0.876. The third-order valence-electron chi connectivity index (χ3n) is 4.22. The maximum Gasteiger partial charge on any atom is 0.227 e. The van der Waals surface area contributed by atoms with Gasteiger partial charge in [-0.05, 0) is 48.9 Å². The lowest BCUT2D eigenvalue weighted by molar-refractivity contribution is -0.118. The van der Waals surface area contributed by atoms with Crippen molar-refractivity contribution in [3.63, 3.8) is 0 Å². The number of hydrogen-bond donors (Lipinski definition) is 1. The molecule has 0 saturated carbocycles. The van der Waals surface area contributed by atoms with Crippen molar-refractivity contribution in [2.24, 2.45) is 0 Å². The van der Waals surface area contributed by atoms with E-state index >= 15 is 0 Å². The Balaban J connectivity index is 1.89. The molecule has 3 heteroatoms. The van der Waals surface area contributed by atoms with Crippen molar-refractivity contribution in [1.82, 2.24) is 5.32 Å². The molecule has 2 heterocycles. The second-order valence-corrected chi connectivity index (χ2v) is 5.38. The van der Waals surface area contributed by atoms with Crippen LogP contribution >= 0.6 is 0 Å². The summed E-state index contributed by atoms with van der Waals surface area (Å²) in [5, 5.41) is 3.46. The van der Waals surface area contributed by atoms with Crippen molar-refractivity contribution >= 4 is 11.6 Å². The molecular weight excluding hydrogens is 224 g/mol. The van der Waals surface area contributed by atoms with Gasteiger partial charge in [0.25, 0.3) is 0 Å². The molecule has 2 aliphatic heterocycles. The molecule has 1 unspecified atom stereocenters. The Morgan fingerprint density at radius 2 is 2.22 bits per heavy atom. The number of aryl methyl sites for hydroxylation is 1. The molecule has 1 amide bonds. The van der Waals surface area contributed by atoms with Crippen molar-refractivity contribution in [2.45, 2.75) is 31.6 Å². The second-order valence-electron chi connectivity index (χ2n) is 5.38. The van der Waals surface area contributed by atoms with Crippen LogP contribution in [0.15, 0.2) is 18.2 Å². The smallest absolute Gasteiger partial charge is 0.227 e. The van der Waals surface area contributed by atoms with Crippen LogP contribution in [0.5, 0.6) is 0 Å². The minimum atomic E-state index is 0.231. The highest BCUT2D eigenvalue weighted by Crippen LogP contribution is 2.31. The van der Waals surface area contributed by atoms with Gasteiger partial charge in [0, 0.05) is 25.7 Å². The highest BCUT2D eigenvalue weighted by atomic mass is 16.2. The number of nitrogens with one attached hydrogen (secondary N) is 1. The lowest BCUT2D eigenvalue weighted by atomic mass is 9.88. The number of fused-ring (bicyclic) bond motifs is 1. The van der Waals surface area contributed by atoms with E-state index in [4.69, 9.17) is 0 Å². The van der Waals surface area contributed by atoms with Gasteiger partial charge in [-0.25, -0.2) is 0 Å². The SMILES string of the molecule is CN1C(=O)CCc2cc(C3CCCNC3)ccc21. The molecule has 3 nitrogen and oxygen atoms in total. The normalized spacial score (nSPS) is 23.9. The molecule has 18 heavy (non-hydrogen) atoms. The van der Waals surface area contributed by atoms with Crippen LogP contribution in [0.2, 0.25) is 0 Å². The molecule has 1 atom stereocenters.